The third-order valence-corrected chi connectivity index (χ3v) is 7.13. The smallest absolute Gasteiger partial charge is 0.257 e. The zero-order valence-corrected chi connectivity index (χ0v) is 14.5. The van der Waals surface area contributed by atoms with E-state index in [4.69, 9.17) is 4.74 Å². The van der Waals surface area contributed by atoms with Crippen molar-refractivity contribution in [3.05, 3.63) is 29.6 Å². The summed E-state index contributed by atoms with van der Waals surface area (Å²) >= 11 is 0. The van der Waals surface area contributed by atoms with Gasteiger partial charge in [0, 0.05) is 6.54 Å². The Hall–Kier alpha value is -1.47. The molecule has 24 heavy (non-hydrogen) atoms. The van der Waals surface area contributed by atoms with E-state index in [0.29, 0.717) is 32.6 Å². The first kappa shape index (κ1) is 17.4. The number of ether oxygens (including phenoxy) is 1. The summed E-state index contributed by atoms with van der Waals surface area (Å²) in [5.41, 5.74) is -0.178. The van der Waals surface area contributed by atoms with Crippen LogP contribution in [0, 0.1) is 5.82 Å². The highest BCUT2D eigenvalue weighted by molar-refractivity contribution is 7.92. The van der Waals surface area contributed by atoms with Crippen molar-refractivity contribution in [2.75, 3.05) is 19.8 Å². The number of nitrogens with zero attached hydrogens (tertiary/aromatic N) is 1. The zero-order chi connectivity index (χ0) is 17.3. The molecule has 5 nitrogen and oxygen atoms in total. The van der Waals surface area contributed by atoms with Crippen molar-refractivity contribution in [3.8, 4) is 0 Å². The molecule has 1 aliphatic carbocycles. The molecule has 2 aliphatic rings. The van der Waals surface area contributed by atoms with E-state index in [9.17, 15) is 17.6 Å². The molecule has 1 unspecified atom stereocenters. The molecule has 0 radical (unpaired) electrons. The third kappa shape index (κ3) is 3.19. The van der Waals surface area contributed by atoms with E-state index >= 15 is 0 Å². The number of carbonyl (C=O) groups excluding carboxylic acids is 1. The second kappa shape index (κ2) is 6.80. The maximum Gasteiger partial charge on any atom is 0.257 e. The van der Waals surface area contributed by atoms with Gasteiger partial charge in [-0.25, -0.2) is 12.8 Å². The van der Waals surface area contributed by atoms with Crippen molar-refractivity contribution < 1.29 is 22.3 Å². The zero-order valence-electron chi connectivity index (χ0n) is 13.7. The molecule has 1 saturated heterocycles. The Morgan fingerprint density at radius 2 is 2.00 bits per heavy atom. The number of carbonyl (C=O) groups is 1. The first-order valence-corrected chi connectivity index (χ1v) is 9.88. The quantitative estimate of drug-likeness (QED) is 0.781. The van der Waals surface area contributed by atoms with Crippen molar-refractivity contribution in [1.82, 2.24) is 4.90 Å². The molecule has 0 N–H and O–H groups in total. The molecule has 1 heterocycles. The molecule has 1 aromatic carbocycles. The van der Waals surface area contributed by atoms with Gasteiger partial charge in [-0.3, -0.25) is 4.79 Å². The van der Waals surface area contributed by atoms with Crippen LogP contribution in [0.15, 0.2) is 23.1 Å². The number of rotatable bonds is 3. The Bertz CT molecular complexity index is 728. The first-order valence-electron chi connectivity index (χ1n) is 8.33. The lowest BCUT2D eigenvalue weighted by Crippen LogP contribution is -2.47. The van der Waals surface area contributed by atoms with Crippen LogP contribution in [0.4, 0.5) is 4.39 Å². The monoisotopic (exact) mass is 355 g/mol. The van der Waals surface area contributed by atoms with Crippen LogP contribution in [-0.2, 0) is 14.6 Å². The van der Waals surface area contributed by atoms with E-state index in [-0.39, 0.29) is 16.5 Å². The first-order chi connectivity index (χ1) is 11.4. The normalized spacial score (nSPS) is 22.8. The van der Waals surface area contributed by atoms with Gasteiger partial charge in [0.2, 0.25) is 0 Å². The van der Waals surface area contributed by atoms with Crippen LogP contribution in [0.1, 0.15) is 43.0 Å². The molecular weight excluding hydrogens is 333 g/mol. The van der Waals surface area contributed by atoms with Crippen molar-refractivity contribution in [2.24, 2.45) is 0 Å². The number of sulfone groups is 1. The Kier molecular flexibility index (Phi) is 4.92. The van der Waals surface area contributed by atoms with Gasteiger partial charge in [0.15, 0.2) is 9.84 Å². The maximum atomic E-state index is 14.2. The van der Waals surface area contributed by atoms with E-state index < -0.39 is 26.8 Å². The summed E-state index contributed by atoms with van der Waals surface area (Å²) < 4.78 is 44.9. The van der Waals surface area contributed by atoms with Gasteiger partial charge >= 0.3 is 0 Å². The second-order valence-electron chi connectivity index (χ2n) is 6.52. The number of amides is 1. The number of halogens is 1. The summed E-state index contributed by atoms with van der Waals surface area (Å²) in [6, 6.07) is 3.39. The van der Waals surface area contributed by atoms with Gasteiger partial charge in [0.25, 0.3) is 5.91 Å². The molecule has 132 valence electrons. The summed E-state index contributed by atoms with van der Waals surface area (Å²) in [5.74, 6) is -1.17. The molecule has 1 aliphatic heterocycles. The predicted octanol–water partition coefficient (Wildman–Crippen LogP) is 2.40. The van der Waals surface area contributed by atoms with Gasteiger partial charge in [-0.15, -0.1) is 0 Å². The van der Waals surface area contributed by atoms with Gasteiger partial charge in [-0.1, -0.05) is 12.8 Å². The van der Waals surface area contributed by atoms with E-state index in [2.05, 4.69) is 0 Å². The summed E-state index contributed by atoms with van der Waals surface area (Å²) in [6.07, 6.45) is 3.04. The standard InChI is InChI=1S/C17H22FNO4S/c1-12-11-23-9-8-19(12)17(20)15-10-14(6-7-16(15)18)24(21,22)13-4-2-3-5-13/h6-7,10,12-13H,2-5,8-9,11H2,1H3. The van der Waals surface area contributed by atoms with Crippen LogP contribution in [-0.4, -0.2) is 50.3 Å². The molecular formula is C17H22FNO4S. The molecule has 1 atom stereocenters. The molecule has 0 aromatic heterocycles. The average molecular weight is 355 g/mol. The maximum absolute atomic E-state index is 14.2. The van der Waals surface area contributed by atoms with Crippen LogP contribution in [0.3, 0.4) is 0 Å². The Balaban J connectivity index is 1.93. The molecule has 7 heteroatoms. The highest BCUT2D eigenvalue weighted by atomic mass is 32.2. The molecule has 0 spiro atoms. The molecule has 1 amide bonds. The number of hydrogen-bond acceptors (Lipinski definition) is 4. The topological polar surface area (TPSA) is 63.7 Å². The number of hydrogen-bond donors (Lipinski definition) is 0. The minimum absolute atomic E-state index is 0.0417. The lowest BCUT2D eigenvalue weighted by Gasteiger charge is -2.33. The van der Waals surface area contributed by atoms with Crippen LogP contribution in [0.2, 0.25) is 0 Å². The third-order valence-electron chi connectivity index (χ3n) is 4.87. The van der Waals surface area contributed by atoms with Crippen molar-refractivity contribution in [3.63, 3.8) is 0 Å². The number of morpholine rings is 1. The minimum Gasteiger partial charge on any atom is -0.377 e. The summed E-state index contributed by atoms with van der Waals surface area (Å²) in [6.45, 7) is 3.00. The Morgan fingerprint density at radius 1 is 1.29 bits per heavy atom. The fourth-order valence-corrected chi connectivity index (χ4v) is 5.30. The fraction of sp³-hybridized carbons (Fsp3) is 0.588. The minimum atomic E-state index is -3.52. The van der Waals surface area contributed by atoms with Gasteiger partial charge in [0.05, 0.1) is 35.0 Å². The second-order valence-corrected chi connectivity index (χ2v) is 8.74. The summed E-state index contributed by atoms with van der Waals surface area (Å²) in [4.78, 5) is 14.2. The molecule has 3 rings (SSSR count). The highest BCUT2D eigenvalue weighted by Crippen LogP contribution is 2.30. The number of benzene rings is 1. The van der Waals surface area contributed by atoms with Gasteiger partial charge < -0.3 is 9.64 Å². The van der Waals surface area contributed by atoms with E-state index in [1.807, 2.05) is 6.92 Å². The lowest BCUT2D eigenvalue weighted by atomic mass is 10.1. The van der Waals surface area contributed by atoms with Crippen molar-refractivity contribution in [2.45, 2.75) is 48.8 Å². The Labute approximate surface area is 141 Å². The molecule has 2 fully saturated rings. The van der Waals surface area contributed by atoms with Crippen LogP contribution in [0.25, 0.3) is 0 Å². The van der Waals surface area contributed by atoms with Gasteiger partial charge in [-0.2, -0.15) is 0 Å². The summed E-state index contributed by atoms with van der Waals surface area (Å²) in [5, 5.41) is -0.423. The van der Waals surface area contributed by atoms with Crippen LogP contribution >= 0.6 is 0 Å². The van der Waals surface area contributed by atoms with Crippen molar-refractivity contribution in [1.29, 1.82) is 0 Å². The average Bonchev–Trinajstić information content (AvgIpc) is 3.10. The predicted molar refractivity (Wildman–Crippen MR) is 87.2 cm³/mol. The molecule has 0 bridgehead atoms. The highest BCUT2D eigenvalue weighted by Gasteiger charge is 2.32. The van der Waals surface area contributed by atoms with E-state index in [1.165, 1.54) is 17.0 Å². The Morgan fingerprint density at radius 3 is 2.67 bits per heavy atom. The molecule has 1 aromatic rings. The largest absolute Gasteiger partial charge is 0.377 e. The summed E-state index contributed by atoms with van der Waals surface area (Å²) in [7, 11) is -3.52. The molecule has 1 saturated carbocycles. The van der Waals surface area contributed by atoms with Gasteiger partial charge in [-0.05, 0) is 38.0 Å². The fourth-order valence-electron chi connectivity index (χ4n) is 3.42. The van der Waals surface area contributed by atoms with Crippen molar-refractivity contribution >= 4 is 15.7 Å². The van der Waals surface area contributed by atoms with Crippen LogP contribution in [0.5, 0.6) is 0 Å². The lowest BCUT2D eigenvalue weighted by molar-refractivity contribution is 0.00333. The van der Waals surface area contributed by atoms with Gasteiger partial charge in [0.1, 0.15) is 5.82 Å². The van der Waals surface area contributed by atoms with Crippen LogP contribution < -0.4 is 0 Å². The van der Waals surface area contributed by atoms with E-state index in [1.54, 1.807) is 0 Å². The van der Waals surface area contributed by atoms with E-state index in [0.717, 1.165) is 18.9 Å². The SMILES string of the molecule is CC1COCCN1C(=O)c1cc(S(=O)(=O)C2CCCC2)ccc1F.